The molecule has 2 atom stereocenters. The molecule has 2 rings (SSSR count). The summed E-state index contributed by atoms with van der Waals surface area (Å²) in [4.78, 5) is 11.7. The number of halogens is 1. The van der Waals surface area contributed by atoms with Gasteiger partial charge in [0.15, 0.2) is 0 Å². The highest BCUT2D eigenvalue weighted by atomic mass is 79.9. The molecule has 92 valence electrons. The average molecular weight is 298 g/mol. The van der Waals surface area contributed by atoms with Gasteiger partial charge in [0.25, 0.3) is 0 Å². The topological polar surface area (TPSA) is 38.3 Å². The summed E-state index contributed by atoms with van der Waals surface area (Å²) < 4.78 is 5.94. The summed E-state index contributed by atoms with van der Waals surface area (Å²) in [7, 11) is 1.45. The van der Waals surface area contributed by atoms with E-state index in [0.29, 0.717) is 6.54 Å². The maximum absolute atomic E-state index is 11.7. The minimum Gasteiger partial charge on any atom is -0.469 e. The SMILES string of the molecule is COC(=O)[C@@H]1CNCC[C@H]1c1ccc(Br)cc1. The van der Waals surface area contributed by atoms with Gasteiger partial charge in [-0.3, -0.25) is 4.79 Å². The van der Waals surface area contributed by atoms with Crippen LogP contribution in [0.3, 0.4) is 0 Å². The molecule has 1 aromatic rings. The Bertz CT molecular complexity index is 391. The van der Waals surface area contributed by atoms with Gasteiger partial charge >= 0.3 is 5.97 Å². The molecule has 0 unspecified atom stereocenters. The van der Waals surface area contributed by atoms with E-state index in [1.165, 1.54) is 12.7 Å². The van der Waals surface area contributed by atoms with E-state index in [9.17, 15) is 4.79 Å². The highest BCUT2D eigenvalue weighted by molar-refractivity contribution is 9.10. The van der Waals surface area contributed by atoms with E-state index < -0.39 is 0 Å². The van der Waals surface area contributed by atoms with Crippen LogP contribution >= 0.6 is 15.9 Å². The number of ether oxygens (including phenoxy) is 1. The molecule has 4 heteroatoms. The molecule has 0 amide bonds. The van der Waals surface area contributed by atoms with Crippen LogP contribution in [0.25, 0.3) is 0 Å². The Morgan fingerprint density at radius 1 is 1.41 bits per heavy atom. The number of nitrogens with one attached hydrogen (secondary N) is 1. The molecule has 0 bridgehead atoms. The maximum Gasteiger partial charge on any atom is 0.310 e. The monoisotopic (exact) mass is 297 g/mol. The largest absolute Gasteiger partial charge is 0.469 e. The van der Waals surface area contributed by atoms with Crippen LogP contribution in [0.4, 0.5) is 0 Å². The number of hydrogen-bond donors (Lipinski definition) is 1. The van der Waals surface area contributed by atoms with Crippen molar-refractivity contribution < 1.29 is 9.53 Å². The predicted octanol–water partition coefficient (Wildman–Crippen LogP) is 2.32. The van der Waals surface area contributed by atoms with E-state index in [-0.39, 0.29) is 17.8 Å². The lowest BCUT2D eigenvalue weighted by Gasteiger charge is -2.30. The lowest BCUT2D eigenvalue weighted by Crippen LogP contribution is -2.40. The zero-order valence-corrected chi connectivity index (χ0v) is 11.4. The third kappa shape index (κ3) is 2.87. The van der Waals surface area contributed by atoms with Crippen molar-refractivity contribution in [2.75, 3.05) is 20.2 Å². The van der Waals surface area contributed by atoms with E-state index in [1.807, 2.05) is 12.1 Å². The summed E-state index contributed by atoms with van der Waals surface area (Å²) >= 11 is 3.42. The van der Waals surface area contributed by atoms with Gasteiger partial charge in [0, 0.05) is 11.0 Å². The molecule has 1 aliphatic heterocycles. The Labute approximate surface area is 110 Å². The fourth-order valence-electron chi connectivity index (χ4n) is 2.37. The summed E-state index contributed by atoms with van der Waals surface area (Å²) in [5.74, 6) is 0.0665. The highest BCUT2D eigenvalue weighted by Crippen LogP contribution is 2.31. The third-order valence-corrected chi connectivity index (χ3v) is 3.81. The fourth-order valence-corrected chi connectivity index (χ4v) is 2.63. The Morgan fingerprint density at radius 3 is 2.76 bits per heavy atom. The fraction of sp³-hybridized carbons (Fsp3) is 0.462. The molecule has 0 radical (unpaired) electrons. The molecular formula is C13H16BrNO2. The predicted molar refractivity (Wildman–Crippen MR) is 69.9 cm³/mol. The number of hydrogen-bond acceptors (Lipinski definition) is 3. The molecule has 1 fully saturated rings. The summed E-state index contributed by atoms with van der Waals surface area (Å²) in [5, 5.41) is 3.25. The quantitative estimate of drug-likeness (QED) is 0.852. The van der Waals surface area contributed by atoms with Crippen molar-refractivity contribution in [3.05, 3.63) is 34.3 Å². The first-order valence-electron chi connectivity index (χ1n) is 5.76. The number of rotatable bonds is 2. The van der Waals surface area contributed by atoms with Crippen LogP contribution in [0.15, 0.2) is 28.7 Å². The minimum absolute atomic E-state index is 0.0741. The minimum atomic E-state index is -0.120. The van der Waals surface area contributed by atoms with Crippen molar-refractivity contribution in [2.45, 2.75) is 12.3 Å². The second kappa shape index (κ2) is 5.65. The Hall–Kier alpha value is -0.870. The van der Waals surface area contributed by atoms with Crippen molar-refractivity contribution >= 4 is 21.9 Å². The molecule has 0 saturated carbocycles. The van der Waals surface area contributed by atoms with E-state index in [1.54, 1.807) is 0 Å². The van der Waals surface area contributed by atoms with Gasteiger partial charge in [-0.05, 0) is 36.6 Å². The first-order valence-corrected chi connectivity index (χ1v) is 6.55. The smallest absolute Gasteiger partial charge is 0.310 e. The van der Waals surface area contributed by atoms with Gasteiger partial charge in [0.2, 0.25) is 0 Å². The van der Waals surface area contributed by atoms with Crippen LogP contribution in [0.5, 0.6) is 0 Å². The lowest BCUT2D eigenvalue weighted by molar-refractivity contribution is -0.146. The molecule has 1 saturated heterocycles. The van der Waals surface area contributed by atoms with Crippen LogP contribution in [-0.4, -0.2) is 26.2 Å². The van der Waals surface area contributed by atoms with E-state index in [4.69, 9.17) is 4.74 Å². The second-order valence-electron chi connectivity index (χ2n) is 4.28. The van der Waals surface area contributed by atoms with Crippen molar-refractivity contribution in [1.29, 1.82) is 0 Å². The molecule has 17 heavy (non-hydrogen) atoms. The van der Waals surface area contributed by atoms with Crippen molar-refractivity contribution in [1.82, 2.24) is 5.32 Å². The normalized spacial score (nSPS) is 24.4. The molecule has 0 spiro atoms. The van der Waals surface area contributed by atoms with Gasteiger partial charge in [-0.1, -0.05) is 28.1 Å². The summed E-state index contributed by atoms with van der Waals surface area (Å²) in [6.45, 7) is 1.65. The highest BCUT2D eigenvalue weighted by Gasteiger charge is 2.32. The molecule has 0 aromatic heterocycles. The average Bonchev–Trinajstić information content (AvgIpc) is 2.39. The van der Waals surface area contributed by atoms with Crippen molar-refractivity contribution in [2.24, 2.45) is 5.92 Å². The Balaban J connectivity index is 2.21. The van der Waals surface area contributed by atoms with Crippen LogP contribution in [-0.2, 0) is 9.53 Å². The molecule has 1 heterocycles. The molecule has 1 aliphatic rings. The number of piperidine rings is 1. The number of carbonyl (C=O) groups is 1. The molecule has 1 aromatic carbocycles. The van der Waals surface area contributed by atoms with E-state index in [0.717, 1.165) is 17.4 Å². The molecular weight excluding hydrogens is 282 g/mol. The molecule has 3 nitrogen and oxygen atoms in total. The maximum atomic E-state index is 11.7. The van der Waals surface area contributed by atoms with E-state index >= 15 is 0 Å². The summed E-state index contributed by atoms with van der Waals surface area (Å²) in [6, 6.07) is 8.20. The van der Waals surface area contributed by atoms with Gasteiger partial charge in [-0.15, -0.1) is 0 Å². The van der Waals surface area contributed by atoms with Crippen LogP contribution in [0, 0.1) is 5.92 Å². The number of benzene rings is 1. The summed E-state index contributed by atoms with van der Waals surface area (Å²) in [5.41, 5.74) is 1.21. The first-order chi connectivity index (χ1) is 8.22. The summed E-state index contributed by atoms with van der Waals surface area (Å²) in [6.07, 6.45) is 0.974. The van der Waals surface area contributed by atoms with Crippen molar-refractivity contribution in [3.8, 4) is 0 Å². The van der Waals surface area contributed by atoms with Gasteiger partial charge in [-0.2, -0.15) is 0 Å². The van der Waals surface area contributed by atoms with Crippen LogP contribution < -0.4 is 5.32 Å². The number of carbonyl (C=O) groups excluding carboxylic acids is 1. The standard InChI is InChI=1S/C13H16BrNO2/c1-17-13(16)12-8-15-7-6-11(12)9-2-4-10(14)5-3-9/h2-5,11-12,15H,6-8H2,1H3/t11-,12+/m0/s1. The van der Waals surface area contributed by atoms with E-state index in [2.05, 4.69) is 33.4 Å². The van der Waals surface area contributed by atoms with Crippen LogP contribution in [0.1, 0.15) is 17.9 Å². The van der Waals surface area contributed by atoms with Crippen LogP contribution in [0.2, 0.25) is 0 Å². The number of esters is 1. The van der Waals surface area contributed by atoms with Crippen molar-refractivity contribution in [3.63, 3.8) is 0 Å². The Morgan fingerprint density at radius 2 is 2.12 bits per heavy atom. The first kappa shape index (κ1) is 12.6. The zero-order valence-electron chi connectivity index (χ0n) is 9.78. The molecule has 0 aliphatic carbocycles. The zero-order chi connectivity index (χ0) is 12.3. The second-order valence-corrected chi connectivity index (χ2v) is 5.20. The van der Waals surface area contributed by atoms with Gasteiger partial charge in [0.05, 0.1) is 13.0 Å². The van der Waals surface area contributed by atoms with Gasteiger partial charge in [-0.25, -0.2) is 0 Å². The molecule has 1 N–H and O–H groups in total. The Kier molecular flexibility index (Phi) is 4.18. The lowest BCUT2D eigenvalue weighted by atomic mass is 9.81. The van der Waals surface area contributed by atoms with Gasteiger partial charge in [0.1, 0.15) is 0 Å². The van der Waals surface area contributed by atoms with Gasteiger partial charge < -0.3 is 10.1 Å². The number of methoxy groups -OCH3 is 1. The third-order valence-electron chi connectivity index (χ3n) is 3.28.